The molecule has 2 aliphatic rings. The highest BCUT2D eigenvalue weighted by molar-refractivity contribution is 7.98. The first-order valence-corrected chi connectivity index (χ1v) is 9.69. The van der Waals surface area contributed by atoms with Gasteiger partial charge in [0.05, 0.1) is 6.04 Å². The van der Waals surface area contributed by atoms with Crippen LogP contribution in [0, 0.1) is 5.92 Å². The number of carbonyl (C=O) groups is 2. The van der Waals surface area contributed by atoms with Gasteiger partial charge in [-0.25, -0.2) is 4.79 Å². The second-order valence-electron chi connectivity index (χ2n) is 6.29. The Labute approximate surface area is 137 Å². The first-order valence-electron chi connectivity index (χ1n) is 8.30. The quantitative estimate of drug-likeness (QED) is 0.752. The number of thioether (sulfide) groups is 1. The standard InChI is InChI=1S/C16H28N2O3S/c1-4-12(2)14-11-21-16(20)18(14)13-5-8-17(9-6-13)15(19)7-10-22-3/h12-14H,4-11H2,1-3H3/t12-,14-/m0/s1. The number of hydrogen-bond donors (Lipinski definition) is 0. The average Bonchev–Trinajstić information content (AvgIpc) is 2.93. The minimum atomic E-state index is -0.169. The summed E-state index contributed by atoms with van der Waals surface area (Å²) in [6.07, 6.45) is 5.25. The molecule has 2 amide bonds. The summed E-state index contributed by atoms with van der Waals surface area (Å²) in [6, 6.07) is 0.417. The van der Waals surface area contributed by atoms with Gasteiger partial charge in [-0.2, -0.15) is 11.8 Å². The summed E-state index contributed by atoms with van der Waals surface area (Å²) < 4.78 is 5.29. The highest BCUT2D eigenvalue weighted by Gasteiger charge is 2.41. The highest BCUT2D eigenvalue weighted by Crippen LogP contribution is 2.28. The number of cyclic esters (lactones) is 1. The van der Waals surface area contributed by atoms with Gasteiger partial charge in [0.1, 0.15) is 6.61 Å². The molecule has 0 radical (unpaired) electrons. The Morgan fingerprint density at radius 2 is 2.09 bits per heavy atom. The number of ether oxygens (including phenoxy) is 1. The first kappa shape index (κ1) is 17.4. The summed E-state index contributed by atoms with van der Waals surface area (Å²) >= 11 is 1.70. The summed E-state index contributed by atoms with van der Waals surface area (Å²) in [6.45, 7) is 6.36. The molecule has 0 aromatic rings. The van der Waals surface area contributed by atoms with E-state index in [-0.39, 0.29) is 24.1 Å². The van der Waals surface area contributed by atoms with Crippen molar-refractivity contribution in [1.82, 2.24) is 9.80 Å². The minimum absolute atomic E-state index is 0.169. The third kappa shape index (κ3) is 3.89. The number of piperidine rings is 1. The maximum atomic E-state index is 12.1. The van der Waals surface area contributed by atoms with Crippen LogP contribution >= 0.6 is 11.8 Å². The van der Waals surface area contributed by atoms with Crippen molar-refractivity contribution < 1.29 is 14.3 Å². The van der Waals surface area contributed by atoms with E-state index in [2.05, 4.69) is 13.8 Å². The van der Waals surface area contributed by atoms with E-state index in [1.165, 1.54) is 0 Å². The predicted molar refractivity (Wildman–Crippen MR) is 89.0 cm³/mol. The summed E-state index contributed by atoms with van der Waals surface area (Å²) in [5.74, 6) is 1.58. The second kappa shape index (κ2) is 8.09. The Hall–Kier alpha value is -0.910. The van der Waals surface area contributed by atoms with Crippen molar-refractivity contribution in [3.8, 4) is 0 Å². The number of nitrogens with zero attached hydrogens (tertiary/aromatic N) is 2. The van der Waals surface area contributed by atoms with Gasteiger partial charge < -0.3 is 9.64 Å². The summed E-state index contributed by atoms with van der Waals surface area (Å²) in [5, 5.41) is 0. The van der Waals surface area contributed by atoms with Crippen molar-refractivity contribution in [3.63, 3.8) is 0 Å². The molecule has 2 atom stereocenters. The van der Waals surface area contributed by atoms with Gasteiger partial charge in [-0.1, -0.05) is 20.3 Å². The summed E-state index contributed by atoms with van der Waals surface area (Å²) in [5.41, 5.74) is 0. The molecule has 0 saturated carbocycles. The lowest BCUT2D eigenvalue weighted by atomic mass is 9.95. The predicted octanol–water partition coefficient (Wildman–Crippen LogP) is 2.60. The zero-order chi connectivity index (χ0) is 16.1. The van der Waals surface area contributed by atoms with Crippen molar-refractivity contribution >= 4 is 23.8 Å². The SMILES string of the molecule is CC[C@H](C)[C@@H]1COC(=O)N1C1CCN(C(=O)CCSC)CC1. The molecule has 22 heavy (non-hydrogen) atoms. The molecule has 6 heteroatoms. The van der Waals surface area contributed by atoms with Crippen LogP contribution in [0.1, 0.15) is 39.5 Å². The fraction of sp³-hybridized carbons (Fsp3) is 0.875. The van der Waals surface area contributed by atoms with Crippen LogP contribution in [0.4, 0.5) is 4.79 Å². The lowest BCUT2D eigenvalue weighted by Gasteiger charge is -2.39. The van der Waals surface area contributed by atoms with E-state index in [4.69, 9.17) is 4.74 Å². The molecular weight excluding hydrogens is 300 g/mol. The Morgan fingerprint density at radius 1 is 1.41 bits per heavy atom. The van der Waals surface area contributed by atoms with Crippen molar-refractivity contribution in [1.29, 1.82) is 0 Å². The molecule has 0 bridgehead atoms. The molecule has 2 heterocycles. The van der Waals surface area contributed by atoms with Gasteiger partial charge in [0, 0.05) is 31.3 Å². The smallest absolute Gasteiger partial charge is 0.410 e. The Bertz CT molecular complexity index is 397. The Kier molecular flexibility index (Phi) is 6.41. The Morgan fingerprint density at radius 3 is 2.68 bits per heavy atom. The largest absolute Gasteiger partial charge is 0.447 e. The molecule has 0 aromatic heterocycles. The molecule has 0 spiro atoms. The van der Waals surface area contributed by atoms with Crippen LogP contribution < -0.4 is 0 Å². The van der Waals surface area contributed by atoms with E-state index in [1.807, 2.05) is 16.1 Å². The zero-order valence-electron chi connectivity index (χ0n) is 13.9. The molecule has 0 aromatic carbocycles. The normalized spacial score (nSPS) is 24.5. The molecule has 2 aliphatic heterocycles. The van der Waals surface area contributed by atoms with Crippen molar-refractivity contribution in [2.24, 2.45) is 5.92 Å². The lowest BCUT2D eigenvalue weighted by molar-refractivity contribution is -0.132. The molecule has 0 N–H and O–H groups in total. The number of likely N-dealkylation sites (tertiary alicyclic amines) is 1. The molecule has 126 valence electrons. The van der Waals surface area contributed by atoms with Crippen LogP contribution in [0.25, 0.3) is 0 Å². The lowest BCUT2D eigenvalue weighted by Crippen LogP contribution is -2.51. The zero-order valence-corrected chi connectivity index (χ0v) is 14.7. The maximum absolute atomic E-state index is 12.1. The summed E-state index contributed by atoms with van der Waals surface area (Å²) in [4.78, 5) is 28.1. The van der Waals surface area contributed by atoms with Crippen molar-refractivity contribution in [3.05, 3.63) is 0 Å². The number of hydrogen-bond acceptors (Lipinski definition) is 4. The molecule has 2 fully saturated rings. The molecular formula is C16H28N2O3S. The first-order chi connectivity index (χ1) is 10.6. The van der Waals surface area contributed by atoms with E-state index >= 15 is 0 Å². The van der Waals surface area contributed by atoms with Crippen LogP contribution in [0.5, 0.6) is 0 Å². The van der Waals surface area contributed by atoms with Gasteiger partial charge >= 0.3 is 6.09 Å². The van der Waals surface area contributed by atoms with Crippen LogP contribution in [-0.4, -0.2) is 65.6 Å². The molecule has 5 nitrogen and oxygen atoms in total. The van der Waals surface area contributed by atoms with Gasteiger partial charge in [-0.3, -0.25) is 9.69 Å². The monoisotopic (exact) mass is 328 g/mol. The van der Waals surface area contributed by atoms with Gasteiger partial charge in [0.15, 0.2) is 0 Å². The topological polar surface area (TPSA) is 49.9 Å². The average molecular weight is 328 g/mol. The van der Waals surface area contributed by atoms with Gasteiger partial charge in [0.25, 0.3) is 0 Å². The van der Waals surface area contributed by atoms with Gasteiger partial charge in [0.2, 0.25) is 5.91 Å². The third-order valence-electron chi connectivity index (χ3n) is 4.98. The van der Waals surface area contributed by atoms with Gasteiger partial charge in [-0.05, 0) is 25.0 Å². The van der Waals surface area contributed by atoms with E-state index < -0.39 is 0 Å². The van der Waals surface area contributed by atoms with E-state index in [0.717, 1.165) is 38.1 Å². The van der Waals surface area contributed by atoms with E-state index in [1.54, 1.807) is 11.8 Å². The minimum Gasteiger partial charge on any atom is -0.447 e. The van der Waals surface area contributed by atoms with E-state index in [9.17, 15) is 9.59 Å². The van der Waals surface area contributed by atoms with Crippen LogP contribution in [0.2, 0.25) is 0 Å². The number of rotatable bonds is 6. The molecule has 0 unspecified atom stereocenters. The fourth-order valence-electron chi connectivity index (χ4n) is 3.32. The second-order valence-corrected chi connectivity index (χ2v) is 7.28. The molecule has 2 rings (SSSR count). The van der Waals surface area contributed by atoms with Gasteiger partial charge in [-0.15, -0.1) is 0 Å². The number of carbonyl (C=O) groups excluding carboxylic acids is 2. The van der Waals surface area contributed by atoms with Crippen LogP contribution in [-0.2, 0) is 9.53 Å². The Balaban J connectivity index is 1.90. The van der Waals surface area contributed by atoms with Crippen molar-refractivity contribution in [2.45, 2.75) is 51.6 Å². The van der Waals surface area contributed by atoms with E-state index in [0.29, 0.717) is 18.9 Å². The van der Waals surface area contributed by atoms with Crippen molar-refractivity contribution in [2.75, 3.05) is 31.7 Å². The van der Waals surface area contributed by atoms with Crippen LogP contribution in [0.15, 0.2) is 0 Å². The molecule has 0 aliphatic carbocycles. The maximum Gasteiger partial charge on any atom is 0.410 e. The van der Waals surface area contributed by atoms with Crippen LogP contribution in [0.3, 0.4) is 0 Å². The third-order valence-corrected chi connectivity index (χ3v) is 5.59. The summed E-state index contributed by atoms with van der Waals surface area (Å²) in [7, 11) is 0. The highest BCUT2D eigenvalue weighted by atomic mass is 32.2. The fourth-order valence-corrected chi connectivity index (χ4v) is 3.70. The number of amides is 2. The molecule has 2 saturated heterocycles.